The third kappa shape index (κ3) is 5.03. The second kappa shape index (κ2) is 6.01. The van der Waals surface area contributed by atoms with Gasteiger partial charge in [0.05, 0.1) is 12.8 Å². The molecule has 1 amide bonds. The fraction of sp³-hybridized carbons (Fsp3) is 0.600. The molecule has 0 aliphatic rings. The van der Waals surface area contributed by atoms with E-state index < -0.39 is 0 Å². The highest BCUT2D eigenvalue weighted by molar-refractivity contribution is 5.77. The Hall–Kier alpha value is -1.12. The number of hydrogen-bond donors (Lipinski definition) is 2. The minimum absolute atomic E-state index is 0.00671. The minimum Gasteiger partial charge on any atom is -0.357 e. The fourth-order valence-electron chi connectivity index (χ4n) is 0.341. The average molecular weight is 143 g/mol. The summed E-state index contributed by atoms with van der Waals surface area (Å²) in [5, 5.41) is 10.3. The van der Waals surface area contributed by atoms with Gasteiger partial charge in [0.25, 0.3) is 0 Å². The van der Waals surface area contributed by atoms with Crippen LogP contribution in [-0.2, 0) is 9.53 Å². The lowest BCUT2D eigenvalue weighted by molar-refractivity contribution is -0.125. The molecule has 5 heteroatoms. The number of nitrogens with zero attached hydrogens (tertiary/aromatic N) is 1. The van der Waals surface area contributed by atoms with E-state index in [2.05, 4.69) is 10.1 Å². The molecule has 0 aliphatic carbocycles. The lowest BCUT2D eigenvalue weighted by Crippen LogP contribution is -2.28. The van der Waals surface area contributed by atoms with Crippen LogP contribution in [0.4, 0.5) is 0 Å². The highest BCUT2D eigenvalue weighted by Gasteiger charge is 1.96. The molecule has 10 heavy (non-hydrogen) atoms. The van der Waals surface area contributed by atoms with E-state index in [1.54, 1.807) is 6.07 Å². The number of nitrogens with one attached hydrogen (secondary N) is 1. The van der Waals surface area contributed by atoms with Crippen molar-refractivity contribution in [1.82, 2.24) is 5.32 Å². The van der Waals surface area contributed by atoms with E-state index in [1.807, 2.05) is 0 Å². The van der Waals surface area contributed by atoms with Gasteiger partial charge in [0.2, 0.25) is 5.91 Å². The summed E-state index contributed by atoms with van der Waals surface area (Å²) in [5.41, 5.74) is 4.94. The van der Waals surface area contributed by atoms with Crippen LogP contribution in [0, 0.1) is 11.3 Å². The van der Waals surface area contributed by atoms with Gasteiger partial charge >= 0.3 is 0 Å². The van der Waals surface area contributed by atoms with Crippen molar-refractivity contribution in [3.63, 3.8) is 0 Å². The summed E-state index contributed by atoms with van der Waals surface area (Å²) in [4.78, 5) is 10.5. The zero-order chi connectivity index (χ0) is 7.82. The third-order valence-corrected chi connectivity index (χ3v) is 0.716. The molecular formula is C5H9N3O2. The number of amides is 1. The Morgan fingerprint density at radius 1 is 1.80 bits per heavy atom. The Bertz CT molecular complexity index is 140. The van der Waals surface area contributed by atoms with E-state index in [0.29, 0.717) is 0 Å². The number of ether oxygens (including phenoxy) is 1. The van der Waals surface area contributed by atoms with Crippen LogP contribution in [0.3, 0.4) is 0 Å². The monoisotopic (exact) mass is 143 g/mol. The molecule has 0 saturated carbocycles. The molecule has 0 spiro atoms. The first kappa shape index (κ1) is 8.88. The van der Waals surface area contributed by atoms with Crippen molar-refractivity contribution in [3.05, 3.63) is 0 Å². The molecular weight excluding hydrogens is 134 g/mol. The number of nitriles is 1. The minimum atomic E-state index is -0.327. The molecule has 56 valence electrons. The third-order valence-electron chi connectivity index (χ3n) is 0.716. The van der Waals surface area contributed by atoms with Gasteiger partial charge in [-0.1, -0.05) is 0 Å². The van der Waals surface area contributed by atoms with Crippen LogP contribution in [0.25, 0.3) is 0 Å². The smallest absolute Gasteiger partial charge is 0.246 e. The number of carbonyl (C=O) groups is 1. The van der Waals surface area contributed by atoms with Gasteiger partial charge in [-0.3, -0.25) is 4.79 Å². The van der Waals surface area contributed by atoms with Gasteiger partial charge in [0, 0.05) is 0 Å². The van der Waals surface area contributed by atoms with Gasteiger partial charge in [0.1, 0.15) is 13.2 Å². The van der Waals surface area contributed by atoms with Crippen LogP contribution in [0.1, 0.15) is 0 Å². The molecule has 0 aromatic carbocycles. The normalized spacial score (nSPS) is 8.40. The first-order chi connectivity index (χ1) is 4.81. The largest absolute Gasteiger partial charge is 0.357 e. The summed E-state index contributed by atoms with van der Waals surface area (Å²) in [6, 6.07) is 1.76. The highest BCUT2D eigenvalue weighted by atomic mass is 16.5. The fourth-order valence-corrected chi connectivity index (χ4v) is 0.341. The van der Waals surface area contributed by atoms with Crippen LogP contribution in [0.15, 0.2) is 0 Å². The van der Waals surface area contributed by atoms with E-state index in [4.69, 9.17) is 11.0 Å². The standard InChI is InChI=1S/C5H9N3O2/c6-1-2-8-5(9)3-10-4-7/h2-4,7H2,(H,8,9). The SMILES string of the molecule is N#CCNC(=O)COCN. The predicted molar refractivity (Wildman–Crippen MR) is 33.6 cm³/mol. The topological polar surface area (TPSA) is 88.1 Å². The molecule has 0 atom stereocenters. The maximum atomic E-state index is 10.5. The Morgan fingerprint density at radius 2 is 2.50 bits per heavy atom. The van der Waals surface area contributed by atoms with Crippen molar-refractivity contribution < 1.29 is 9.53 Å². The quantitative estimate of drug-likeness (QED) is 0.372. The van der Waals surface area contributed by atoms with E-state index >= 15 is 0 Å². The van der Waals surface area contributed by atoms with Crippen LogP contribution in [0.5, 0.6) is 0 Å². The van der Waals surface area contributed by atoms with Crippen molar-refractivity contribution >= 4 is 5.91 Å². The molecule has 3 N–H and O–H groups in total. The second-order valence-corrected chi connectivity index (χ2v) is 1.45. The summed E-state index contributed by atoms with van der Waals surface area (Å²) in [6.07, 6.45) is 0. The predicted octanol–water partition coefficient (Wildman–Crippen LogP) is -1.44. The highest BCUT2D eigenvalue weighted by Crippen LogP contribution is 1.68. The Kier molecular flexibility index (Phi) is 5.33. The molecule has 5 nitrogen and oxygen atoms in total. The zero-order valence-corrected chi connectivity index (χ0v) is 5.46. The van der Waals surface area contributed by atoms with Crippen LogP contribution in [-0.4, -0.2) is 25.8 Å². The second-order valence-electron chi connectivity index (χ2n) is 1.45. The Morgan fingerprint density at radius 3 is 3.00 bits per heavy atom. The molecule has 0 bridgehead atoms. The summed E-state index contributed by atoms with van der Waals surface area (Å²) in [7, 11) is 0. The van der Waals surface area contributed by atoms with Gasteiger partial charge in [-0.15, -0.1) is 0 Å². The van der Waals surface area contributed by atoms with Crippen LogP contribution >= 0.6 is 0 Å². The Labute approximate surface area is 58.8 Å². The van der Waals surface area contributed by atoms with Crippen LogP contribution < -0.4 is 11.1 Å². The summed E-state index contributed by atoms with van der Waals surface area (Å²) >= 11 is 0. The average Bonchev–Trinajstić information content (AvgIpc) is 1.97. The molecule has 0 aromatic rings. The van der Waals surface area contributed by atoms with Crippen LogP contribution in [0.2, 0.25) is 0 Å². The summed E-state index contributed by atoms with van der Waals surface area (Å²) in [6.45, 7) is -0.0646. The molecule has 0 rings (SSSR count). The number of nitrogens with two attached hydrogens (primary N) is 1. The zero-order valence-electron chi connectivity index (χ0n) is 5.46. The van der Waals surface area contributed by atoms with Crippen molar-refractivity contribution in [1.29, 1.82) is 5.26 Å². The van der Waals surface area contributed by atoms with Gasteiger partial charge in [-0.05, 0) is 0 Å². The maximum Gasteiger partial charge on any atom is 0.246 e. The first-order valence-corrected chi connectivity index (χ1v) is 2.72. The van der Waals surface area contributed by atoms with Gasteiger partial charge in [-0.2, -0.15) is 5.26 Å². The van der Waals surface area contributed by atoms with E-state index in [1.165, 1.54) is 0 Å². The molecule has 0 unspecified atom stereocenters. The number of rotatable bonds is 4. The lowest BCUT2D eigenvalue weighted by atomic mass is 10.6. The number of hydrogen-bond acceptors (Lipinski definition) is 4. The number of carbonyl (C=O) groups excluding carboxylic acids is 1. The van der Waals surface area contributed by atoms with Crippen molar-refractivity contribution in [2.45, 2.75) is 0 Å². The van der Waals surface area contributed by atoms with E-state index in [9.17, 15) is 4.79 Å². The molecule has 0 fully saturated rings. The van der Waals surface area contributed by atoms with Gasteiger partial charge in [0.15, 0.2) is 0 Å². The van der Waals surface area contributed by atoms with Crippen molar-refractivity contribution in [3.8, 4) is 6.07 Å². The first-order valence-electron chi connectivity index (χ1n) is 2.72. The van der Waals surface area contributed by atoms with E-state index in [-0.39, 0.29) is 25.8 Å². The van der Waals surface area contributed by atoms with Crippen molar-refractivity contribution in [2.75, 3.05) is 19.9 Å². The van der Waals surface area contributed by atoms with Crippen molar-refractivity contribution in [2.24, 2.45) is 5.73 Å². The molecule has 0 saturated heterocycles. The lowest BCUT2D eigenvalue weighted by Gasteiger charge is -1.98. The maximum absolute atomic E-state index is 10.5. The summed E-state index contributed by atoms with van der Waals surface area (Å²) < 4.78 is 4.55. The molecule has 0 radical (unpaired) electrons. The molecule has 0 aromatic heterocycles. The molecule has 0 heterocycles. The van der Waals surface area contributed by atoms with Gasteiger partial charge in [-0.25, -0.2) is 0 Å². The Balaban J connectivity index is 3.19. The van der Waals surface area contributed by atoms with E-state index in [0.717, 1.165) is 0 Å². The summed E-state index contributed by atoms with van der Waals surface area (Å²) in [5.74, 6) is -0.327. The molecule has 0 aliphatic heterocycles. The van der Waals surface area contributed by atoms with Gasteiger partial charge < -0.3 is 15.8 Å².